The molecule has 1 aliphatic rings. The Hall–Kier alpha value is -6.68. The summed E-state index contributed by atoms with van der Waals surface area (Å²) in [6.07, 6.45) is -3.51. The SMILES string of the molecule is COC(=O)[C@H](CCC(=O)NCCOC(C)(OCCNC(=O)CCN1C(=O)C=CC1=O)C(C)(C)C)NC(=O)c1ccc(N(Cc2ccc3nc(N)[nH]c(=O)c3c2)C(=O)C(F)(F)F)cc1. The highest BCUT2D eigenvalue weighted by Crippen LogP contribution is 2.34. The van der Waals surface area contributed by atoms with Crippen molar-refractivity contribution < 1.29 is 60.9 Å². The van der Waals surface area contributed by atoms with E-state index in [2.05, 4.69) is 25.9 Å². The summed E-state index contributed by atoms with van der Waals surface area (Å²) in [6.45, 7) is 6.86. The molecule has 2 heterocycles. The number of halogens is 3. The molecule has 2 aromatic carbocycles. The number of methoxy groups -OCH3 is 1. The first-order valence-corrected chi connectivity index (χ1v) is 19.5. The maximum Gasteiger partial charge on any atom is 0.471 e. The van der Waals surface area contributed by atoms with E-state index in [0.29, 0.717) is 4.90 Å². The number of nitrogen functional groups attached to an aromatic ring is 1. The Morgan fingerprint density at radius 1 is 0.873 bits per heavy atom. The third kappa shape index (κ3) is 13.4. The van der Waals surface area contributed by atoms with Crippen LogP contribution in [-0.2, 0) is 49.5 Å². The number of nitrogens with one attached hydrogen (secondary N) is 4. The van der Waals surface area contributed by atoms with Gasteiger partial charge in [-0.25, -0.2) is 9.78 Å². The molecule has 3 aromatic rings. The molecule has 0 aliphatic carbocycles. The first kappa shape index (κ1) is 49.0. The molecule has 4 rings (SSSR count). The minimum absolute atomic E-state index is 0.00601. The predicted octanol–water partition coefficient (Wildman–Crippen LogP) is 2.00. The largest absolute Gasteiger partial charge is 0.471 e. The number of fused-ring (bicyclic) bond motifs is 1. The number of H-pyrrole nitrogens is 1. The molecule has 63 heavy (non-hydrogen) atoms. The number of anilines is 2. The number of imide groups is 1. The average Bonchev–Trinajstić information content (AvgIpc) is 3.55. The van der Waals surface area contributed by atoms with E-state index in [9.17, 15) is 51.5 Å². The predicted molar refractivity (Wildman–Crippen MR) is 219 cm³/mol. The third-order valence-corrected chi connectivity index (χ3v) is 9.94. The fourth-order valence-electron chi connectivity index (χ4n) is 6.01. The van der Waals surface area contributed by atoms with Gasteiger partial charge < -0.3 is 40.8 Å². The number of aromatic amines is 1. The average molecular weight is 887 g/mol. The van der Waals surface area contributed by atoms with Crippen molar-refractivity contribution in [2.45, 2.75) is 71.5 Å². The van der Waals surface area contributed by atoms with Gasteiger partial charge in [0.2, 0.25) is 17.8 Å². The van der Waals surface area contributed by atoms with E-state index < -0.39 is 71.0 Å². The monoisotopic (exact) mass is 886 g/mol. The van der Waals surface area contributed by atoms with Gasteiger partial charge in [0.15, 0.2) is 5.79 Å². The standard InChI is InChI=1S/C41H49F3N8O11/c1-39(2,3)40(4,63-21-18-47-31(54)16-19-51-32(55)14-15-33(51)56)62-20-17-46-30(53)13-12-29(36(59)61-5)48-34(57)25-7-9-26(10-8-25)52(37(60)41(42,43)44)23-24-6-11-28-27(22-24)35(58)50-38(45)49-28/h6-11,14-15,22,29H,12-13,16-21,23H2,1-5H3,(H,46,53)(H,47,54)(H,48,57)(H3,45,49,50,58)/t29-,40?/m0/s1. The molecule has 0 bridgehead atoms. The van der Waals surface area contributed by atoms with Crippen molar-refractivity contribution in [1.29, 1.82) is 0 Å². The number of hydrogen-bond donors (Lipinski definition) is 5. The lowest BCUT2D eigenvalue weighted by atomic mass is 9.86. The fraction of sp³-hybridized carbons (Fsp3) is 0.439. The van der Waals surface area contributed by atoms with Crippen molar-refractivity contribution in [2.75, 3.05) is 50.6 Å². The van der Waals surface area contributed by atoms with Crippen LogP contribution in [0.25, 0.3) is 10.9 Å². The van der Waals surface area contributed by atoms with Crippen LogP contribution in [0.15, 0.2) is 59.4 Å². The highest BCUT2D eigenvalue weighted by molar-refractivity contribution is 6.13. The van der Waals surface area contributed by atoms with Crippen molar-refractivity contribution >= 4 is 64.0 Å². The summed E-state index contributed by atoms with van der Waals surface area (Å²) in [5.74, 6) is -7.06. The summed E-state index contributed by atoms with van der Waals surface area (Å²) in [4.78, 5) is 107. The molecule has 0 radical (unpaired) electrons. The van der Waals surface area contributed by atoms with Crippen LogP contribution in [0.2, 0.25) is 0 Å². The molecule has 6 amide bonds. The Balaban J connectivity index is 1.28. The van der Waals surface area contributed by atoms with E-state index in [0.717, 1.165) is 48.4 Å². The zero-order chi connectivity index (χ0) is 46.7. The highest BCUT2D eigenvalue weighted by atomic mass is 19.4. The van der Waals surface area contributed by atoms with E-state index >= 15 is 0 Å². The fourth-order valence-corrected chi connectivity index (χ4v) is 6.01. The van der Waals surface area contributed by atoms with Gasteiger partial charge >= 0.3 is 18.1 Å². The lowest BCUT2D eigenvalue weighted by molar-refractivity contribution is -0.276. The summed E-state index contributed by atoms with van der Waals surface area (Å²) >= 11 is 0. The molecule has 1 aromatic heterocycles. The van der Waals surface area contributed by atoms with Crippen LogP contribution in [0.4, 0.5) is 24.8 Å². The molecule has 0 saturated carbocycles. The molecule has 340 valence electrons. The second-order valence-corrected chi connectivity index (χ2v) is 15.3. The second kappa shape index (κ2) is 20.9. The minimum atomic E-state index is -5.28. The number of esters is 1. The first-order valence-electron chi connectivity index (χ1n) is 19.5. The molecule has 1 aliphatic heterocycles. The maximum atomic E-state index is 13.7. The highest BCUT2D eigenvalue weighted by Gasteiger charge is 2.43. The van der Waals surface area contributed by atoms with Gasteiger partial charge in [-0.3, -0.25) is 43.4 Å². The molecular formula is C41H49F3N8O11. The van der Waals surface area contributed by atoms with E-state index in [1.54, 1.807) is 6.92 Å². The van der Waals surface area contributed by atoms with Crippen LogP contribution in [0.3, 0.4) is 0 Å². The second-order valence-electron chi connectivity index (χ2n) is 15.3. The molecule has 2 atom stereocenters. The smallest absolute Gasteiger partial charge is 0.467 e. The van der Waals surface area contributed by atoms with Crippen molar-refractivity contribution in [2.24, 2.45) is 5.41 Å². The maximum absolute atomic E-state index is 13.7. The van der Waals surface area contributed by atoms with Crippen LogP contribution >= 0.6 is 0 Å². The lowest BCUT2D eigenvalue weighted by Crippen LogP contribution is -2.48. The molecule has 0 fully saturated rings. The van der Waals surface area contributed by atoms with Crippen LogP contribution in [-0.4, -0.2) is 114 Å². The summed E-state index contributed by atoms with van der Waals surface area (Å²) < 4.78 is 57.9. The molecule has 6 N–H and O–H groups in total. The van der Waals surface area contributed by atoms with Crippen molar-refractivity contribution in [3.8, 4) is 0 Å². The minimum Gasteiger partial charge on any atom is -0.467 e. The van der Waals surface area contributed by atoms with Gasteiger partial charge in [0.05, 0.1) is 37.8 Å². The molecule has 19 nitrogen and oxygen atoms in total. The van der Waals surface area contributed by atoms with Gasteiger partial charge in [-0.2, -0.15) is 13.2 Å². The van der Waals surface area contributed by atoms with Gasteiger partial charge in [0, 0.05) is 61.3 Å². The van der Waals surface area contributed by atoms with E-state index in [-0.39, 0.29) is 91.7 Å². The quantitative estimate of drug-likeness (QED) is 0.0471. The van der Waals surface area contributed by atoms with Gasteiger partial charge in [0.1, 0.15) is 6.04 Å². The van der Waals surface area contributed by atoms with Crippen LogP contribution in [0.5, 0.6) is 0 Å². The number of hydrogen-bond acceptors (Lipinski definition) is 13. The zero-order valence-corrected chi connectivity index (χ0v) is 35.2. The number of amides is 6. The summed E-state index contributed by atoms with van der Waals surface area (Å²) in [5.41, 5.74) is 4.39. The van der Waals surface area contributed by atoms with E-state index in [4.69, 9.17) is 19.9 Å². The van der Waals surface area contributed by atoms with Crippen LogP contribution < -0.4 is 32.1 Å². The van der Waals surface area contributed by atoms with E-state index in [1.807, 2.05) is 20.8 Å². The number of nitrogens with zero attached hydrogens (tertiary/aromatic N) is 3. The van der Waals surface area contributed by atoms with Gasteiger partial charge in [-0.15, -0.1) is 0 Å². The zero-order valence-electron chi connectivity index (χ0n) is 35.2. The number of carbonyl (C=O) groups excluding carboxylic acids is 7. The molecular weight excluding hydrogens is 837 g/mol. The summed E-state index contributed by atoms with van der Waals surface area (Å²) in [7, 11) is 1.08. The van der Waals surface area contributed by atoms with Crippen molar-refractivity contribution in [3.63, 3.8) is 0 Å². The number of nitrogens with two attached hydrogens (primary N) is 1. The molecule has 0 saturated heterocycles. The molecule has 1 unspecified atom stereocenters. The van der Waals surface area contributed by atoms with Crippen LogP contribution in [0.1, 0.15) is 62.9 Å². The Morgan fingerprint density at radius 3 is 2.02 bits per heavy atom. The summed E-state index contributed by atoms with van der Waals surface area (Å²) in [6, 6.07) is 7.25. The van der Waals surface area contributed by atoms with Gasteiger partial charge in [-0.05, 0) is 55.3 Å². The normalized spacial score (nSPS) is 14.3. The molecule has 0 spiro atoms. The number of ether oxygens (including phenoxy) is 3. The summed E-state index contributed by atoms with van der Waals surface area (Å²) in [5, 5.41) is 7.82. The third-order valence-electron chi connectivity index (χ3n) is 9.94. The van der Waals surface area contributed by atoms with Gasteiger partial charge in [-0.1, -0.05) is 26.8 Å². The Bertz CT molecular complexity index is 2280. The number of rotatable bonds is 20. The molecule has 22 heteroatoms. The number of carbonyl (C=O) groups is 7. The number of aromatic nitrogens is 2. The van der Waals surface area contributed by atoms with E-state index in [1.165, 1.54) is 18.2 Å². The van der Waals surface area contributed by atoms with Crippen molar-refractivity contribution in [3.05, 3.63) is 76.1 Å². The topological polar surface area (TPSA) is 262 Å². The number of benzene rings is 2. The Kier molecular flexibility index (Phi) is 16.3. The number of alkyl halides is 3. The van der Waals surface area contributed by atoms with Crippen LogP contribution in [0, 0.1) is 5.41 Å². The van der Waals surface area contributed by atoms with Gasteiger partial charge in [0.25, 0.3) is 23.3 Å². The lowest BCUT2D eigenvalue weighted by Gasteiger charge is -2.41. The van der Waals surface area contributed by atoms with Crippen molar-refractivity contribution in [1.82, 2.24) is 30.8 Å². The Morgan fingerprint density at radius 2 is 1.46 bits per heavy atom. The Labute approximate surface area is 358 Å². The first-order chi connectivity index (χ1) is 29.5.